The van der Waals surface area contributed by atoms with Gasteiger partial charge in [0.2, 0.25) is 0 Å². The third-order valence-electron chi connectivity index (χ3n) is 3.17. The Morgan fingerprint density at radius 3 is 2.43 bits per heavy atom. The molecule has 0 aromatic carbocycles. The van der Waals surface area contributed by atoms with Gasteiger partial charge in [-0.3, -0.25) is 4.79 Å². The highest BCUT2D eigenvalue weighted by atomic mass is 35.7. The van der Waals surface area contributed by atoms with Gasteiger partial charge in [-0.25, -0.2) is 8.42 Å². The number of carbonyl (C=O) groups is 1. The van der Waals surface area contributed by atoms with E-state index in [4.69, 9.17) is 15.1 Å². The first kappa shape index (κ1) is 18.0. The average Bonchev–Trinajstić information content (AvgIpc) is 2.79. The molecule has 0 fully saturated rings. The highest BCUT2D eigenvalue weighted by molar-refractivity contribution is 8.13. The Labute approximate surface area is 130 Å². The third kappa shape index (κ3) is 6.09. The highest BCUT2D eigenvalue weighted by Crippen LogP contribution is 2.23. The lowest BCUT2D eigenvalue weighted by atomic mass is 10.1. The van der Waals surface area contributed by atoms with E-state index in [2.05, 4.69) is 12.2 Å². The molecule has 0 aliphatic heterocycles. The Morgan fingerprint density at radius 1 is 1.24 bits per heavy atom. The molecule has 0 bridgehead atoms. The monoisotopic (exact) mass is 335 g/mol. The second-order valence-corrected chi connectivity index (χ2v) is 7.53. The van der Waals surface area contributed by atoms with Crippen molar-refractivity contribution in [3.8, 4) is 0 Å². The van der Waals surface area contributed by atoms with Crippen molar-refractivity contribution in [1.29, 1.82) is 0 Å². The maximum Gasteiger partial charge on any atom is 0.287 e. The van der Waals surface area contributed by atoms with Crippen LogP contribution in [0.2, 0.25) is 0 Å². The Balaban J connectivity index is 2.40. The molecule has 1 aromatic rings. The van der Waals surface area contributed by atoms with Crippen molar-refractivity contribution in [2.45, 2.75) is 57.3 Å². The first-order valence-corrected chi connectivity index (χ1v) is 9.50. The van der Waals surface area contributed by atoms with E-state index in [0.29, 0.717) is 6.54 Å². The van der Waals surface area contributed by atoms with Gasteiger partial charge in [0.05, 0.1) is 0 Å². The number of hydrogen-bond acceptors (Lipinski definition) is 4. The van der Waals surface area contributed by atoms with Gasteiger partial charge in [0.15, 0.2) is 5.76 Å². The summed E-state index contributed by atoms with van der Waals surface area (Å²) in [7, 11) is 1.36. The normalized spacial score (nSPS) is 11.6. The van der Waals surface area contributed by atoms with Gasteiger partial charge in [0.25, 0.3) is 15.0 Å². The minimum atomic E-state index is -3.89. The Hall–Kier alpha value is -1.01. The fourth-order valence-corrected chi connectivity index (χ4v) is 3.11. The zero-order valence-electron chi connectivity index (χ0n) is 12.4. The van der Waals surface area contributed by atoms with Crippen LogP contribution in [0.4, 0.5) is 0 Å². The molecule has 7 heteroatoms. The van der Waals surface area contributed by atoms with Crippen molar-refractivity contribution < 1.29 is 17.6 Å². The van der Waals surface area contributed by atoms with Gasteiger partial charge in [-0.15, -0.1) is 0 Å². The number of rotatable bonds is 9. The summed E-state index contributed by atoms with van der Waals surface area (Å²) in [6.07, 6.45) is 6.81. The Kier molecular flexibility index (Phi) is 7.25. The van der Waals surface area contributed by atoms with Gasteiger partial charge in [-0.05, 0) is 13.3 Å². The van der Waals surface area contributed by atoms with Gasteiger partial charge >= 0.3 is 0 Å². The molecule has 0 aliphatic carbocycles. The lowest BCUT2D eigenvalue weighted by molar-refractivity contribution is 0.0924. The van der Waals surface area contributed by atoms with Crippen LogP contribution in [0.3, 0.4) is 0 Å². The van der Waals surface area contributed by atoms with Crippen LogP contribution in [-0.4, -0.2) is 20.9 Å². The molecule has 21 heavy (non-hydrogen) atoms. The lowest BCUT2D eigenvalue weighted by Crippen LogP contribution is -2.23. The first-order chi connectivity index (χ1) is 9.86. The number of furan rings is 1. The molecular formula is C14H22ClNO4S. The van der Waals surface area contributed by atoms with Crippen molar-refractivity contribution in [1.82, 2.24) is 5.32 Å². The minimum Gasteiger partial charge on any atom is -0.455 e. The number of amides is 1. The van der Waals surface area contributed by atoms with Crippen LogP contribution in [0.1, 0.15) is 61.8 Å². The van der Waals surface area contributed by atoms with E-state index in [9.17, 15) is 13.2 Å². The van der Waals surface area contributed by atoms with Crippen molar-refractivity contribution in [2.75, 3.05) is 6.54 Å². The van der Waals surface area contributed by atoms with Crippen LogP contribution in [0, 0.1) is 6.92 Å². The van der Waals surface area contributed by atoms with Crippen molar-refractivity contribution in [3.05, 3.63) is 17.6 Å². The number of hydrogen-bond donors (Lipinski definition) is 1. The Morgan fingerprint density at radius 2 is 1.86 bits per heavy atom. The van der Waals surface area contributed by atoms with Crippen LogP contribution in [0.5, 0.6) is 0 Å². The van der Waals surface area contributed by atoms with E-state index in [1.807, 2.05) is 0 Å². The molecule has 1 amide bonds. The minimum absolute atomic E-state index is 0.0299. The molecule has 0 unspecified atom stereocenters. The lowest BCUT2D eigenvalue weighted by Gasteiger charge is -2.03. The number of carbonyl (C=O) groups excluding carboxylic acids is 1. The van der Waals surface area contributed by atoms with Gasteiger partial charge in [0, 0.05) is 23.3 Å². The number of unbranched alkanes of at least 4 members (excludes halogenated alkanes) is 5. The standard InChI is InChI=1S/C14H22ClNO4S/c1-3-4-5-6-7-8-9-16-14(17)12-10-13(11(2)20-12)21(15,18)19/h10H,3-9H2,1-2H3,(H,16,17). The van der Waals surface area contributed by atoms with E-state index in [1.165, 1.54) is 26.2 Å². The van der Waals surface area contributed by atoms with Crippen molar-refractivity contribution >= 4 is 25.6 Å². The summed E-state index contributed by atoms with van der Waals surface area (Å²) >= 11 is 0. The summed E-state index contributed by atoms with van der Waals surface area (Å²) in [6, 6.07) is 1.16. The first-order valence-electron chi connectivity index (χ1n) is 7.19. The maximum absolute atomic E-state index is 11.8. The maximum atomic E-state index is 11.8. The van der Waals surface area contributed by atoms with E-state index in [0.717, 1.165) is 25.3 Å². The average molecular weight is 336 g/mol. The van der Waals surface area contributed by atoms with E-state index >= 15 is 0 Å². The fourth-order valence-electron chi connectivity index (χ4n) is 2.01. The van der Waals surface area contributed by atoms with Crippen molar-refractivity contribution in [3.63, 3.8) is 0 Å². The molecule has 1 N–H and O–H groups in total. The quantitative estimate of drug-likeness (QED) is 0.552. The molecule has 0 spiro atoms. The second-order valence-electron chi connectivity index (χ2n) is 4.99. The van der Waals surface area contributed by atoms with Crippen molar-refractivity contribution in [2.24, 2.45) is 0 Å². The molecular weight excluding hydrogens is 314 g/mol. The summed E-state index contributed by atoms with van der Waals surface area (Å²) in [5.74, 6) is -0.328. The largest absolute Gasteiger partial charge is 0.455 e. The zero-order valence-corrected chi connectivity index (χ0v) is 14.0. The summed E-state index contributed by atoms with van der Waals surface area (Å²) in [6.45, 7) is 4.17. The van der Waals surface area contributed by atoms with Gasteiger partial charge in [0.1, 0.15) is 10.7 Å². The van der Waals surface area contributed by atoms with Crippen LogP contribution in [-0.2, 0) is 9.05 Å². The predicted octanol–water partition coefficient (Wildman–Crippen LogP) is 3.61. The van der Waals surface area contributed by atoms with E-state index < -0.39 is 15.0 Å². The van der Waals surface area contributed by atoms with Crippen LogP contribution < -0.4 is 5.32 Å². The summed E-state index contributed by atoms with van der Waals surface area (Å²) < 4.78 is 27.6. The van der Waals surface area contributed by atoms with Crippen LogP contribution in [0.25, 0.3) is 0 Å². The summed E-state index contributed by atoms with van der Waals surface area (Å²) in [5, 5.41) is 2.71. The predicted molar refractivity (Wildman–Crippen MR) is 82.2 cm³/mol. The molecule has 5 nitrogen and oxygen atoms in total. The Bertz CT molecular complexity index is 566. The molecule has 1 aromatic heterocycles. The molecule has 1 rings (SSSR count). The molecule has 0 atom stereocenters. The molecule has 1 heterocycles. The molecule has 0 saturated carbocycles. The third-order valence-corrected chi connectivity index (χ3v) is 4.60. The van der Waals surface area contributed by atoms with Gasteiger partial charge < -0.3 is 9.73 Å². The molecule has 0 saturated heterocycles. The fraction of sp³-hybridized carbons (Fsp3) is 0.643. The SMILES string of the molecule is CCCCCCCCNC(=O)c1cc(S(=O)(=O)Cl)c(C)o1. The van der Waals surface area contributed by atoms with E-state index in [-0.39, 0.29) is 16.4 Å². The van der Waals surface area contributed by atoms with E-state index in [1.54, 1.807) is 0 Å². The number of halogens is 1. The molecule has 0 radical (unpaired) electrons. The zero-order chi connectivity index (χ0) is 15.9. The summed E-state index contributed by atoms with van der Waals surface area (Å²) in [5.41, 5.74) is 0. The second kappa shape index (κ2) is 8.44. The smallest absolute Gasteiger partial charge is 0.287 e. The van der Waals surface area contributed by atoms with Gasteiger partial charge in [-0.1, -0.05) is 39.0 Å². The highest BCUT2D eigenvalue weighted by Gasteiger charge is 2.21. The molecule has 120 valence electrons. The summed E-state index contributed by atoms with van der Waals surface area (Å²) in [4.78, 5) is 11.7. The number of aryl methyl sites for hydroxylation is 1. The van der Waals surface area contributed by atoms with Crippen LogP contribution in [0.15, 0.2) is 15.4 Å². The molecule has 0 aliphatic rings. The van der Waals surface area contributed by atoms with Crippen LogP contribution >= 0.6 is 10.7 Å². The number of nitrogens with one attached hydrogen (secondary N) is 1. The topological polar surface area (TPSA) is 76.4 Å². The van der Waals surface area contributed by atoms with Gasteiger partial charge in [-0.2, -0.15) is 0 Å².